The van der Waals surface area contributed by atoms with Crippen LogP contribution in [0.1, 0.15) is 24.6 Å². The lowest BCUT2D eigenvalue weighted by molar-refractivity contribution is 0.478. The van der Waals surface area contributed by atoms with Crippen molar-refractivity contribution in [2.75, 3.05) is 18.0 Å². The molecule has 3 aromatic rings. The second kappa shape index (κ2) is 6.39. The standard InChI is InChI=1S/C18H20N6/c1-23-13-21-22-17(23)15-8-5-9-24(11-15)18-16(10-19-12-20-18)14-6-3-2-4-7-14/h2-4,6-7,10,12-13,15H,5,8-9,11H2,1H3. The maximum Gasteiger partial charge on any atom is 0.139 e. The highest BCUT2D eigenvalue weighted by molar-refractivity contribution is 5.75. The molecule has 2 aromatic heterocycles. The van der Waals surface area contributed by atoms with Crippen LogP contribution in [0.4, 0.5) is 5.82 Å². The van der Waals surface area contributed by atoms with Gasteiger partial charge in [0, 0.05) is 37.8 Å². The summed E-state index contributed by atoms with van der Waals surface area (Å²) in [5.74, 6) is 2.43. The van der Waals surface area contributed by atoms with Crippen molar-refractivity contribution in [2.24, 2.45) is 7.05 Å². The van der Waals surface area contributed by atoms with Gasteiger partial charge in [0.15, 0.2) is 0 Å². The summed E-state index contributed by atoms with van der Waals surface area (Å²) in [6.45, 7) is 1.91. The Morgan fingerprint density at radius 2 is 2.04 bits per heavy atom. The summed E-state index contributed by atoms with van der Waals surface area (Å²) >= 11 is 0. The van der Waals surface area contributed by atoms with E-state index in [4.69, 9.17) is 0 Å². The van der Waals surface area contributed by atoms with Crippen molar-refractivity contribution in [1.29, 1.82) is 0 Å². The molecule has 0 saturated carbocycles. The van der Waals surface area contributed by atoms with Crippen molar-refractivity contribution in [3.05, 3.63) is 55.0 Å². The molecule has 1 unspecified atom stereocenters. The highest BCUT2D eigenvalue weighted by atomic mass is 15.3. The summed E-state index contributed by atoms with van der Waals surface area (Å²) in [5, 5.41) is 8.33. The molecule has 0 spiro atoms. The van der Waals surface area contributed by atoms with E-state index in [1.54, 1.807) is 12.7 Å². The van der Waals surface area contributed by atoms with Crippen molar-refractivity contribution in [2.45, 2.75) is 18.8 Å². The van der Waals surface area contributed by atoms with Crippen LogP contribution in [0.15, 0.2) is 49.2 Å². The molecule has 6 nitrogen and oxygen atoms in total. The highest BCUT2D eigenvalue weighted by Crippen LogP contribution is 2.33. The monoisotopic (exact) mass is 320 g/mol. The van der Waals surface area contributed by atoms with E-state index in [0.29, 0.717) is 5.92 Å². The van der Waals surface area contributed by atoms with Crippen molar-refractivity contribution in [3.63, 3.8) is 0 Å². The summed E-state index contributed by atoms with van der Waals surface area (Å²) in [5.41, 5.74) is 2.23. The minimum absolute atomic E-state index is 0.379. The molecule has 6 heteroatoms. The van der Waals surface area contributed by atoms with Gasteiger partial charge in [-0.05, 0) is 18.4 Å². The first-order valence-corrected chi connectivity index (χ1v) is 8.27. The van der Waals surface area contributed by atoms with Crippen molar-refractivity contribution in [3.8, 4) is 11.1 Å². The van der Waals surface area contributed by atoms with Crippen molar-refractivity contribution >= 4 is 5.82 Å². The topological polar surface area (TPSA) is 59.7 Å². The molecule has 1 fully saturated rings. The van der Waals surface area contributed by atoms with Gasteiger partial charge in [0.05, 0.1) is 0 Å². The maximum atomic E-state index is 4.59. The fraction of sp³-hybridized carbons (Fsp3) is 0.333. The number of benzene rings is 1. The van der Waals surface area contributed by atoms with E-state index in [1.807, 2.05) is 36.0 Å². The first-order valence-electron chi connectivity index (χ1n) is 8.27. The minimum atomic E-state index is 0.379. The smallest absolute Gasteiger partial charge is 0.139 e. The predicted octanol–water partition coefficient (Wildman–Crippen LogP) is 2.66. The van der Waals surface area contributed by atoms with Crippen LogP contribution in [0.2, 0.25) is 0 Å². The van der Waals surface area contributed by atoms with E-state index < -0.39 is 0 Å². The lowest BCUT2D eigenvalue weighted by Gasteiger charge is -2.34. The molecule has 0 N–H and O–H groups in total. The van der Waals surface area contributed by atoms with E-state index >= 15 is 0 Å². The average molecular weight is 320 g/mol. The molecule has 1 aromatic carbocycles. The first kappa shape index (κ1) is 14.8. The summed E-state index contributed by atoms with van der Waals surface area (Å²) in [7, 11) is 2.01. The van der Waals surface area contributed by atoms with Crippen LogP contribution in [-0.2, 0) is 7.05 Å². The van der Waals surface area contributed by atoms with Gasteiger partial charge in [-0.2, -0.15) is 0 Å². The summed E-state index contributed by atoms with van der Waals surface area (Å²) in [6.07, 6.45) is 7.57. The number of piperidine rings is 1. The first-order chi connectivity index (χ1) is 11.8. The zero-order chi connectivity index (χ0) is 16.4. The Morgan fingerprint density at radius 1 is 1.17 bits per heavy atom. The molecule has 4 rings (SSSR count). The molecular formula is C18H20N6. The van der Waals surface area contributed by atoms with Crippen LogP contribution in [0.5, 0.6) is 0 Å². The maximum absolute atomic E-state index is 4.59. The van der Waals surface area contributed by atoms with Crippen molar-refractivity contribution < 1.29 is 0 Å². The number of rotatable bonds is 3. The van der Waals surface area contributed by atoms with Crippen LogP contribution in [0, 0.1) is 0 Å². The number of aryl methyl sites for hydroxylation is 1. The third-order valence-electron chi connectivity index (χ3n) is 4.61. The van der Waals surface area contributed by atoms with Crippen LogP contribution in [0.25, 0.3) is 11.1 Å². The Morgan fingerprint density at radius 3 is 2.83 bits per heavy atom. The summed E-state index contributed by atoms with van der Waals surface area (Å²) < 4.78 is 2.02. The van der Waals surface area contributed by atoms with Gasteiger partial charge in [0.25, 0.3) is 0 Å². The van der Waals surface area contributed by atoms with Gasteiger partial charge in [0.1, 0.15) is 24.3 Å². The van der Waals surface area contributed by atoms with Gasteiger partial charge in [-0.3, -0.25) is 0 Å². The average Bonchev–Trinajstić information content (AvgIpc) is 3.09. The van der Waals surface area contributed by atoms with Gasteiger partial charge in [-0.25, -0.2) is 9.97 Å². The second-order valence-electron chi connectivity index (χ2n) is 6.21. The number of nitrogens with zero attached hydrogens (tertiary/aromatic N) is 6. The quantitative estimate of drug-likeness (QED) is 0.742. The van der Waals surface area contributed by atoms with E-state index in [1.165, 1.54) is 0 Å². The van der Waals surface area contributed by atoms with Gasteiger partial charge in [-0.1, -0.05) is 30.3 Å². The Hall–Kier alpha value is -2.76. The van der Waals surface area contributed by atoms with Crippen LogP contribution < -0.4 is 4.90 Å². The zero-order valence-corrected chi connectivity index (χ0v) is 13.7. The zero-order valence-electron chi connectivity index (χ0n) is 13.7. The molecule has 0 amide bonds. The second-order valence-corrected chi connectivity index (χ2v) is 6.21. The number of hydrogen-bond acceptors (Lipinski definition) is 5. The molecule has 122 valence electrons. The molecule has 1 atom stereocenters. The largest absolute Gasteiger partial charge is 0.355 e. The van der Waals surface area contributed by atoms with Gasteiger partial charge < -0.3 is 9.47 Å². The SMILES string of the molecule is Cn1cnnc1C1CCCN(c2ncncc2-c2ccccc2)C1. The lowest BCUT2D eigenvalue weighted by Crippen LogP contribution is -2.36. The van der Waals surface area contributed by atoms with Crippen LogP contribution >= 0.6 is 0 Å². The Labute approximate surface area is 141 Å². The van der Waals surface area contributed by atoms with E-state index in [0.717, 1.165) is 48.7 Å². The molecule has 0 radical (unpaired) electrons. The Kier molecular flexibility index (Phi) is 3.94. The van der Waals surface area contributed by atoms with Gasteiger partial charge in [0.2, 0.25) is 0 Å². The van der Waals surface area contributed by atoms with E-state index in [2.05, 4.69) is 37.2 Å². The van der Waals surface area contributed by atoms with Crippen molar-refractivity contribution in [1.82, 2.24) is 24.7 Å². The molecule has 24 heavy (non-hydrogen) atoms. The molecule has 1 saturated heterocycles. The van der Waals surface area contributed by atoms with E-state index in [9.17, 15) is 0 Å². The molecule has 3 heterocycles. The summed E-state index contributed by atoms with van der Waals surface area (Å²) in [4.78, 5) is 11.2. The lowest BCUT2D eigenvalue weighted by atomic mass is 9.96. The molecule has 0 aliphatic carbocycles. The van der Waals surface area contributed by atoms with Crippen LogP contribution in [0.3, 0.4) is 0 Å². The number of anilines is 1. The highest BCUT2D eigenvalue weighted by Gasteiger charge is 2.26. The molecule has 1 aliphatic heterocycles. The fourth-order valence-corrected chi connectivity index (χ4v) is 3.44. The third kappa shape index (κ3) is 2.75. The van der Waals surface area contributed by atoms with Gasteiger partial charge in [-0.15, -0.1) is 10.2 Å². The minimum Gasteiger partial charge on any atom is -0.355 e. The number of hydrogen-bond donors (Lipinski definition) is 0. The predicted molar refractivity (Wildman–Crippen MR) is 92.7 cm³/mol. The molecule has 0 bridgehead atoms. The van der Waals surface area contributed by atoms with Crippen LogP contribution in [-0.4, -0.2) is 37.8 Å². The Bertz CT molecular complexity index is 813. The van der Waals surface area contributed by atoms with Gasteiger partial charge >= 0.3 is 0 Å². The molecular weight excluding hydrogens is 300 g/mol. The number of aromatic nitrogens is 5. The normalized spacial score (nSPS) is 17.9. The molecule has 1 aliphatic rings. The Balaban J connectivity index is 1.66. The summed E-state index contributed by atoms with van der Waals surface area (Å²) in [6, 6.07) is 10.3. The third-order valence-corrected chi connectivity index (χ3v) is 4.61. The fourth-order valence-electron chi connectivity index (χ4n) is 3.44. The van der Waals surface area contributed by atoms with E-state index in [-0.39, 0.29) is 0 Å².